The van der Waals surface area contributed by atoms with E-state index in [1.54, 1.807) is 0 Å². The van der Waals surface area contributed by atoms with E-state index < -0.39 is 5.41 Å². The molecule has 0 saturated carbocycles. The molecule has 0 radical (unpaired) electrons. The van der Waals surface area contributed by atoms with E-state index in [4.69, 9.17) is 0 Å². The summed E-state index contributed by atoms with van der Waals surface area (Å²) in [5, 5.41) is 0. The van der Waals surface area contributed by atoms with Crippen molar-refractivity contribution in [1.29, 1.82) is 0 Å². The summed E-state index contributed by atoms with van der Waals surface area (Å²) in [6, 6.07) is 8.89. The van der Waals surface area contributed by atoms with Crippen LogP contribution < -0.4 is 0 Å². The summed E-state index contributed by atoms with van der Waals surface area (Å²) in [6.45, 7) is 26.8. The van der Waals surface area contributed by atoms with Gasteiger partial charge in [-0.2, -0.15) is 0 Å². The average Bonchev–Trinajstić information content (AvgIpc) is 3.10. The van der Waals surface area contributed by atoms with Gasteiger partial charge in [-0.3, -0.25) is 9.59 Å². The van der Waals surface area contributed by atoms with Crippen LogP contribution in [0.4, 0.5) is 0 Å². The first kappa shape index (κ1) is 25.9. The molecule has 0 unspecified atom stereocenters. The number of benzene rings is 2. The van der Waals surface area contributed by atoms with Gasteiger partial charge in [0.05, 0.1) is 0 Å². The number of Topliss-reactive ketones (excluding diaryl/α,β-unsaturated/α-hetero) is 2. The van der Waals surface area contributed by atoms with Crippen LogP contribution in [0.5, 0.6) is 0 Å². The monoisotopic (exact) mass is 472 g/mol. The van der Waals surface area contributed by atoms with E-state index in [0.717, 1.165) is 22.3 Å². The van der Waals surface area contributed by atoms with Gasteiger partial charge in [-0.15, -0.1) is 0 Å². The fourth-order valence-electron chi connectivity index (χ4n) is 6.26. The molecular weight excluding hydrogens is 428 g/mol. The third-order valence-corrected chi connectivity index (χ3v) is 8.10. The number of carbonyl (C=O) groups excluding carboxylic acids is 2. The molecule has 1 spiro atoms. The van der Waals surface area contributed by atoms with Gasteiger partial charge in [0.25, 0.3) is 0 Å². The Morgan fingerprint density at radius 3 is 1.00 bits per heavy atom. The SMILES string of the molecule is CC(C)(C)c1cc2c(cc1C(C)(C)C)C1(CC2=O)CC(=O)c2cc(C(C)(C)C)c(C(C)(C)C)cc21. The van der Waals surface area contributed by atoms with Crippen molar-refractivity contribution in [2.45, 2.75) is 123 Å². The summed E-state index contributed by atoms with van der Waals surface area (Å²) in [7, 11) is 0. The molecular formula is C33H44O2. The Morgan fingerprint density at radius 1 is 0.486 bits per heavy atom. The largest absolute Gasteiger partial charge is 0.294 e. The van der Waals surface area contributed by atoms with Gasteiger partial charge in [0.15, 0.2) is 11.6 Å². The van der Waals surface area contributed by atoms with E-state index in [1.807, 2.05) is 0 Å². The zero-order chi connectivity index (χ0) is 26.5. The summed E-state index contributed by atoms with van der Waals surface area (Å²) in [6.07, 6.45) is 0.771. The Labute approximate surface area is 212 Å². The lowest BCUT2D eigenvalue weighted by Crippen LogP contribution is -2.27. The van der Waals surface area contributed by atoms with Crippen LogP contribution in [0.25, 0.3) is 0 Å². The summed E-state index contributed by atoms with van der Waals surface area (Å²) >= 11 is 0. The Kier molecular flexibility index (Phi) is 5.47. The molecule has 2 aliphatic rings. The van der Waals surface area contributed by atoms with Gasteiger partial charge in [-0.25, -0.2) is 0 Å². The predicted octanol–water partition coefficient (Wildman–Crippen LogP) is 8.34. The minimum Gasteiger partial charge on any atom is -0.294 e. The highest BCUT2D eigenvalue weighted by Gasteiger charge is 2.53. The minimum absolute atomic E-state index is 0.0669. The lowest BCUT2D eigenvalue weighted by atomic mass is 9.69. The van der Waals surface area contributed by atoms with Crippen LogP contribution in [-0.2, 0) is 27.1 Å². The van der Waals surface area contributed by atoms with Gasteiger partial charge in [-0.1, -0.05) is 95.2 Å². The number of hydrogen-bond acceptors (Lipinski definition) is 2. The quantitative estimate of drug-likeness (QED) is 0.386. The maximum Gasteiger partial charge on any atom is 0.164 e. The van der Waals surface area contributed by atoms with E-state index in [0.29, 0.717) is 12.8 Å². The van der Waals surface area contributed by atoms with Crippen molar-refractivity contribution in [3.8, 4) is 0 Å². The highest BCUT2D eigenvalue weighted by molar-refractivity contribution is 6.10. The molecule has 0 amide bonds. The molecule has 0 aromatic heterocycles. The third-order valence-electron chi connectivity index (χ3n) is 8.10. The molecule has 188 valence electrons. The van der Waals surface area contributed by atoms with Gasteiger partial charge < -0.3 is 0 Å². The maximum atomic E-state index is 13.6. The molecule has 0 aliphatic heterocycles. The van der Waals surface area contributed by atoms with Crippen LogP contribution >= 0.6 is 0 Å². The van der Waals surface area contributed by atoms with Crippen molar-refractivity contribution >= 4 is 11.6 Å². The maximum absolute atomic E-state index is 13.6. The van der Waals surface area contributed by atoms with Crippen LogP contribution in [-0.4, -0.2) is 11.6 Å². The third kappa shape index (κ3) is 4.02. The first-order chi connectivity index (χ1) is 15.7. The molecule has 0 heterocycles. The molecule has 2 aromatic carbocycles. The summed E-state index contributed by atoms with van der Waals surface area (Å²) in [5.41, 5.74) is 7.97. The highest BCUT2D eigenvalue weighted by atomic mass is 16.1. The van der Waals surface area contributed by atoms with Crippen molar-refractivity contribution in [2.24, 2.45) is 0 Å². The van der Waals surface area contributed by atoms with Crippen molar-refractivity contribution in [2.75, 3.05) is 0 Å². The fourth-order valence-corrected chi connectivity index (χ4v) is 6.26. The molecule has 2 aliphatic carbocycles. The number of ketones is 2. The molecule has 0 N–H and O–H groups in total. The Morgan fingerprint density at radius 2 is 0.743 bits per heavy atom. The van der Waals surface area contributed by atoms with Gasteiger partial charge in [0.2, 0.25) is 0 Å². The molecule has 4 rings (SSSR count). The van der Waals surface area contributed by atoms with Crippen molar-refractivity contribution in [1.82, 2.24) is 0 Å². The Hall–Kier alpha value is -2.22. The zero-order valence-corrected chi connectivity index (χ0v) is 24.0. The molecule has 0 fully saturated rings. The van der Waals surface area contributed by atoms with Crippen LogP contribution in [0.2, 0.25) is 0 Å². The average molecular weight is 473 g/mol. The van der Waals surface area contributed by atoms with Crippen LogP contribution in [0.3, 0.4) is 0 Å². The van der Waals surface area contributed by atoms with Crippen LogP contribution in [0.1, 0.15) is 150 Å². The Balaban J connectivity index is 2.07. The lowest BCUT2D eigenvalue weighted by Gasteiger charge is -2.34. The van der Waals surface area contributed by atoms with Crippen LogP contribution in [0.15, 0.2) is 24.3 Å². The summed E-state index contributed by atoms with van der Waals surface area (Å²) < 4.78 is 0. The van der Waals surface area contributed by atoms with Crippen LogP contribution in [0, 0.1) is 0 Å². The van der Waals surface area contributed by atoms with E-state index >= 15 is 0 Å². The fraction of sp³-hybridized carbons (Fsp3) is 0.576. The van der Waals surface area contributed by atoms with E-state index in [-0.39, 0.29) is 33.2 Å². The van der Waals surface area contributed by atoms with Crippen molar-refractivity contribution in [3.63, 3.8) is 0 Å². The topological polar surface area (TPSA) is 34.1 Å². The normalized spacial score (nSPS) is 17.8. The van der Waals surface area contributed by atoms with Gasteiger partial charge in [0, 0.05) is 29.4 Å². The highest BCUT2D eigenvalue weighted by Crippen LogP contribution is 2.55. The number of carbonyl (C=O) groups is 2. The standard InChI is InChI=1S/C33H44O2/c1-29(2,3)23-13-19-21(15-25(23)31(7,8)9)33(17-27(19)34)18-28(35)20-14-24(30(4,5)6)26(16-22(20)33)32(10,11)12/h13-16H,17-18H2,1-12H3. The second kappa shape index (κ2) is 7.40. The molecule has 2 heteroatoms. The second-order valence-electron chi connectivity index (χ2n) is 15.2. The first-order valence-corrected chi connectivity index (χ1v) is 13.1. The van der Waals surface area contributed by atoms with Crippen molar-refractivity contribution < 1.29 is 9.59 Å². The molecule has 0 atom stereocenters. The van der Waals surface area contributed by atoms with Gasteiger partial charge >= 0.3 is 0 Å². The molecule has 2 aromatic rings. The van der Waals surface area contributed by atoms with E-state index in [9.17, 15) is 9.59 Å². The number of rotatable bonds is 0. The van der Waals surface area contributed by atoms with E-state index in [2.05, 4.69) is 107 Å². The summed E-state index contributed by atoms with van der Waals surface area (Å²) in [5.74, 6) is 0.340. The molecule has 0 bridgehead atoms. The Bertz CT molecular complexity index is 1140. The zero-order valence-electron chi connectivity index (χ0n) is 24.0. The minimum atomic E-state index is -0.550. The second-order valence-corrected chi connectivity index (χ2v) is 15.2. The molecule has 0 saturated heterocycles. The van der Waals surface area contributed by atoms with E-state index in [1.165, 1.54) is 22.3 Å². The smallest absolute Gasteiger partial charge is 0.164 e. The van der Waals surface area contributed by atoms with Crippen molar-refractivity contribution in [3.05, 3.63) is 68.8 Å². The van der Waals surface area contributed by atoms with Gasteiger partial charge in [0.1, 0.15) is 0 Å². The number of hydrogen-bond donors (Lipinski definition) is 0. The lowest BCUT2D eigenvalue weighted by molar-refractivity contribution is 0.0957. The first-order valence-electron chi connectivity index (χ1n) is 13.1. The predicted molar refractivity (Wildman–Crippen MR) is 146 cm³/mol. The number of fused-ring (bicyclic) bond motifs is 4. The molecule has 35 heavy (non-hydrogen) atoms. The van der Waals surface area contributed by atoms with Gasteiger partial charge in [-0.05, 0) is 67.2 Å². The molecule has 2 nitrogen and oxygen atoms in total. The summed E-state index contributed by atoms with van der Waals surface area (Å²) in [4.78, 5) is 27.2.